The molecule has 2 rings (SSSR count). The molecule has 124 valence electrons. The zero-order chi connectivity index (χ0) is 16.3. The molecular weight excluding hydrogens is 319 g/mol. The van der Waals surface area contributed by atoms with E-state index in [4.69, 9.17) is 14.2 Å². The van der Waals surface area contributed by atoms with Gasteiger partial charge in [0.05, 0.1) is 0 Å². The van der Waals surface area contributed by atoms with Gasteiger partial charge in [0.15, 0.2) is 12.6 Å². The van der Waals surface area contributed by atoms with Crippen LogP contribution in [0.3, 0.4) is 0 Å². The minimum Gasteiger partial charge on any atom is -0.376 e. The highest BCUT2D eigenvalue weighted by Crippen LogP contribution is 2.42. The summed E-state index contributed by atoms with van der Waals surface area (Å²) >= 11 is 0. The maximum absolute atomic E-state index is 11.7. The van der Waals surface area contributed by atoms with Crippen LogP contribution in [0.4, 0.5) is 0 Å². The van der Waals surface area contributed by atoms with Gasteiger partial charge in [-0.15, -0.1) is 0 Å². The number of methoxy groups -OCH3 is 1. The average molecular weight is 336 g/mol. The second-order valence-corrected chi connectivity index (χ2v) is 6.50. The number of aromatic amines is 1. The van der Waals surface area contributed by atoms with Crippen molar-refractivity contribution in [3.8, 4) is 0 Å². The van der Waals surface area contributed by atoms with Gasteiger partial charge in [-0.3, -0.25) is 18.9 Å². The molecule has 1 aliphatic heterocycles. The van der Waals surface area contributed by atoms with Gasteiger partial charge in [-0.2, -0.15) is 0 Å². The van der Waals surface area contributed by atoms with Crippen molar-refractivity contribution >= 4 is 7.60 Å². The number of aromatic nitrogens is 2. The zero-order valence-corrected chi connectivity index (χ0v) is 12.9. The molecule has 11 heteroatoms. The lowest BCUT2D eigenvalue weighted by atomic mass is 10.2. The van der Waals surface area contributed by atoms with E-state index in [9.17, 15) is 19.0 Å². The van der Waals surface area contributed by atoms with Crippen molar-refractivity contribution in [3.63, 3.8) is 0 Å². The number of H-pyrrole nitrogens is 1. The van der Waals surface area contributed by atoms with Gasteiger partial charge in [-0.05, 0) is 0 Å². The largest absolute Gasteiger partial charge is 0.376 e. The van der Waals surface area contributed by atoms with E-state index in [0.717, 1.165) is 7.11 Å². The Morgan fingerprint density at radius 2 is 2.23 bits per heavy atom. The number of nitrogens with one attached hydrogen (secondary N) is 1. The Kier molecular flexibility index (Phi) is 5.32. The second-order valence-electron chi connectivity index (χ2n) is 4.60. The lowest BCUT2D eigenvalue weighted by Crippen LogP contribution is -2.31. The summed E-state index contributed by atoms with van der Waals surface area (Å²) in [6.07, 6.45) is -1.20. The van der Waals surface area contributed by atoms with E-state index >= 15 is 0 Å². The fraction of sp³-hybridized carbons (Fsp3) is 0.636. The first-order chi connectivity index (χ1) is 10.4. The molecule has 0 bridgehead atoms. The van der Waals surface area contributed by atoms with Crippen LogP contribution in [-0.2, 0) is 23.3 Å². The summed E-state index contributed by atoms with van der Waals surface area (Å²) in [5.41, 5.74) is -1.14. The normalized spacial score (nSPS) is 27.7. The molecule has 1 fully saturated rings. The number of hydrogen-bond donors (Lipinski definition) is 2. The second kappa shape index (κ2) is 6.86. The van der Waals surface area contributed by atoms with Crippen molar-refractivity contribution in [2.75, 3.05) is 20.6 Å². The Morgan fingerprint density at radius 3 is 2.82 bits per heavy atom. The highest BCUT2D eigenvalue weighted by molar-refractivity contribution is 7.52. The zero-order valence-electron chi connectivity index (χ0n) is 12.0. The molecule has 1 saturated heterocycles. The van der Waals surface area contributed by atoms with E-state index in [1.165, 1.54) is 23.9 Å². The van der Waals surface area contributed by atoms with Crippen LogP contribution in [0.25, 0.3) is 0 Å². The average Bonchev–Trinajstić information content (AvgIpc) is 2.88. The molecule has 2 N–H and O–H groups in total. The SMILES string of the molecule is CO[C@H]1C[C@H](n2ccc(=O)[nH]c2=O)O[C@@H]1OCP(=O)(O)OC. The Hall–Kier alpha value is -1.29. The minimum atomic E-state index is -3.84. The summed E-state index contributed by atoms with van der Waals surface area (Å²) in [4.78, 5) is 34.2. The highest BCUT2D eigenvalue weighted by atomic mass is 31.2. The summed E-state index contributed by atoms with van der Waals surface area (Å²) in [6.45, 7) is 0. The third kappa shape index (κ3) is 3.92. The lowest BCUT2D eigenvalue weighted by molar-refractivity contribution is -0.173. The molecule has 0 aromatic carbocycles. The Bertz CT molecular complexity index is 671. The summed E-state index contributed by atoms with van der Waals surface area (Å²) < 4.78 is 32.9. The van der Waals surface area contributed by atoms with Crippen LogP contribution in [0.15, 0.2) is 21.9 Å². The third-order valence-corrected chi connectivity index (χ3v) is 4.23. The molecule has 1 aromatic heterocycles. The van der Waals surface area contributed by atoms with Gasteiger partial charge >= 0.3 is 13.3 Å². The lowest BCUT2D eigenvalue weighted by Gasteiger charge is -2.19. The molecule has 10 nitrogen and oxygen atoms in total. The predicted molar refractivity (Wildman–Crippen MR) is 73.4 cm³/mol. The van der Waals surface area contributed by atoms with Crippen molar-refractivity contribution in [3.05, 3.63) is 33.1 Å². The van der Waals surface area contributed by atoms with Crippen LogP contribution in [0, 0.1) is 0 Å². The van der Waals surface area contributed by atoms with Crippen LogP contribution in [0.2, 0.25) is 0 Å². The maximum atomic E-state index is 11.7. The monoisotopic (exact) mass is 336 g/mol. The van der Waals surface area contributed by atoms with Crippen molar-refractivity contribution in [1.82, 2.24) is 9.55 Å². The Labute approximate surface area is 125 Å². The molecule has 0 radical (unpaired) electrons. The third-order valence-electron chi connectivity index (χ3n) is 3.18. The number of hydrogen-bond acceptors (Lipinski definition) is 7. The van der Waals surface area contributed by atoms with Crippen LogP contribution >= 0.6 is 7.60 Å². The summed E-state index contributed by atoms with van der Waals surface area (Å²) in [5, 5.41) is 0. The Balaban J connectivity index is 2.10. The quantitative estimate of drug-likeness (QED) is 0.672. The first kappa shape index (κ1) is 17.1. The van der Waals surface area contributed by atoms with E-state index in [1.54, 1.807) is 0 Å². The van der Waals surface area contributed by atoms with E-state index in [2.05, 4.69) is 9.51 Å². The standard InChI is InChI=1S/C11H17N2O8P/c1-18-7-5-9(13-4-3-8(14)12-11(13)15)21-10(7)20-6-22(16,17)19-2/h3-4,7,9-10H,5-6H2,1-2H3,(H,16,17)(H,12,14,15)/t7-,9+,10-/m0/s1. The molecular formula is C11H17N2O8P. The van der Waals surface area contributed by atoms with Gasteiger partial charge in [0.2, 0.25) is 0 Å². The molecule has 2 heterocycles. The van der Waals surface area contributed by atoms with E-state index in [0.29, 0.717) is 0 Å². The fourth-order valence-corrected chi connectivity index (χ4v) is 2.46. The van der Waals surface area contributed by atoms with Crippen LogP contribution in [0.1, 0.15) is 12.6 Å². The van der Waals surface area contributed by atoms with Crippen molar-refractivity contribution in [2.45, 2.75) is 25.0 Å². The molecule has 4 atom stereocenters. The molecule has 0 amide bonds. The fourth-order valence-electron chi connectivity index (χ4n) is 2.02. The van der Waals surface area contributed by atoms with Crippen LogP contribution in [0.5, 0.6) is 0 Å². The molecule has 0 spiro atoms. The van der Waals surface area contributed by atoms with E-state index in [1.807, 2.05) is 0 Å². The Morgan fingerprint density at radius 1 is 1.50 bits per heavy atom. The number of rotatable bonds is 6. The predicted octanol–water partition coefficient (Wildman–Crippen LogP) is -0.397. The van der Waals surface area contributed by atoms with E-state index in [-0.39, 0.29) is 6.42 Å². The maximum Gasteiger partial charge on any atom is 0.353 e. The topological polar surface area (TPSA) is 129 Å². The number of nitrogens with zero attached hydrogens (tertiary/aromatic N) is 1. The minimum absolute atomic E-state index is 0.274. The van der Waals surface area contributed by atoms with Gasteiger partial charge in [0, 0.05) is 32.9 Å². The summed E-state index contributed by atoms with van der Waals surface area (Å²) in [5.74, 6) is 0. The highest BCUT2D eigenvalue weighted by Gasteiger charge is 2.39. The first-order valence-corrected chi connectivity index (χ1v) is 8.11. The van der Waals surface area contributed by atoms with Crippen molar-refractivity contribution in [2.24, 2.45) is 0 Å². The van der Waals surface area contributed by atoms with Gasteiger partial charge in [-0.1, -0.05) is 0 Å². The van der Waals surface area contributed by atoms with Crippen molar-refractivity contribution < 1.29 is 28.2 Å². The molecule has 1 aromatic rings. The smallest absolute Gasteiger partial charge is 0.353 e. The molecule has 1 aliphatic rings. The number of ether oxygens (including phenoxy) is 3. The van der Waals surface area contributed by atoms with Gasteiger partial charge in [-0.25, -0.2) is 4.79 Å². The first-order valence-electron chi connectivity index (χ1n) is 6.35. The summed E-state index contributed by atoms with van der Waals surface area (Å²) in [6, 6.07) is 1.19. The van der Waals surface area contributed by atoms with Crippen LogP contribution in [-0.4, -0.2) is 47.4 Å². The molecule has 0 saturated carbocycles. The molecule has 22 heavy (non-hydrogen) atoms. The summed E-state index contributed by atoms with van der Waals surface area (Å²) in [7, 11) is -1.32. The van der Waals surface area contributed by atoms with Gasteiger partial charge < -0.3 is 23.6 Å². The molecule has 0 aliphatic carbocycles. The van der Waals surface area contributed by atoms with Gasteiger partial charge in [0.1, 0.15) is 12.3 Å². The van der Waals surface area contributed by atoms with E-state index < -0.39 is 43.8 Å². The van der Waals surface area contributed by atoms with Gasteiger partial charge in [0.25, 0.3) is 5.56 Å². The van der Waals surface area contributed by atoms with Crippen molar-refractivity contribution in [1.29, 1.82) is 0 Å². The molecule has 1 unspecified atom stereocenters. The van der Waals surface area contributed by atoms with Crippen LogP contribution < -0.4 is 11.2 Å².